The molecule has 0 aliphatic heterocycles. The molecule has 0 saturated carbocycles. The highest BCUT2D eigenvalue weighted by Crippen LogP contribution is 2.28. The number of aromatic nitrogens is 1. The van der Waals surface area contributed by atoms with E-state index in [0.717, 1.165) is 10.0 Å². The number of anilines is 2. The lowest BCUT2D eigenvalue weighted by atomic mass is 10.2. The molecule has 2 aromatic rings. The number of hydrogen-bond donors (Lipinski definition) is 2. The molecule has 0 saturated heterocycles. The first-order valence-electron chi connectivity index (χ1n) is 5.16. The van der Waals surface area contributed by atoms with Crippen LogP contribution in [0.5, 0.6) is 0 Å². The van der Waals surface area contributed by atoms with E-state index in [2.05, 4.69) is 26.2 Å². The number of rotatable bonds is 3. The van der Waals surface area contributed by atoms with Crippen LogP contribution in [0.25, 0.3) is 0 Å². The van der Waals surface area contributed by atoms with Crippen LogP contribution < -0.4 is 11.1 Å². The Morgan fingerprint density at radius 1 is 1.22 bits per heavy atom. The van der Waals surface area contributed by atoms with Crippen molar-refractivity contribution in [1.29, 1.82) is 0 Å². The molecule has 0 bridgehead atoms. The monoisotopic (exact) mass is 345 g/mol. The number of nitrogen functional groups attached to an aromatic ring is 1. The smallest absolute Gasteiger partial charge is 0.147 e. The van der Waals surface area contributed by atoms with Gasteiger partial charge in [-0.3, -0.25) is 0 Å². The molecule has 2 rings (SSSR count). The van der Waals surface area contributed by atoms with Crippen LogP contribution in [0.15, 0.2) is 34.8 Å². The molecule has 1 heterocycles. The van der Waals surface area contributed by atoms with Crippen LogP contribution in [0.3, 0.4) is 0 Å². The molecule has 0 fully saturated rings. The number of benzene rings is 1. The summed E-state index contributed by atoms with van der Waals surface area (Å²) in [4.78, 5) is 4.10. The molecule has 94 valence electrons. The molecule has 0 aliphatic carbocycles. The number of nitrogens with one attached hydrogen (secondary N) is 1. The fraction of sp³-hybridized carbons (Fsp3) is 0.0833. The number of nitrogens with zero attached hydrogens (tertiary/aromatic N) is 1. The molecule has 3 N–H and O–H groups in total. The van der Waals surface area contributed by atoms with Crippen LogP contribution in [0.1, 0.15) is 5.56 Å². The summed E-state index contributed by atoms with van der Waals surface area (Å²) in [7, 11) is 0. The molecular weight excluding hydrogens is 337 g/mol. The lowest BCUT2D eigenvalue weighted by Gasteiger charge is -2.10. The molecule has 0 amide bonds. The summed E-state index contributed by atoms with van der Waals surface area (Å²) in [6.45, 7) is 0.592. The Labute approximate surface area is 123 Å². The topological polar surface area (TPSA) is 50.9 Å². The predicted molar refractivity (Wildman–Crippen MR) is 80.1 cm³/mol. The second-order valence-corrected chi connectivity index (χ2v) is 5.30. The third-order valence-electron chi connectivity index (χ3n) is 2.36. The van der Waals surface area contributed by atoms with Crippen LogP contribution in [0, 0.1) is 0 Å². The molecule has 1 aromatic heterocycles. The Kier molecular flexibility index (Phi) is 4.32. The highest BCUT2D eigenvalue weighted by atomic mass is 79.9. The highest BCUT2D eigenvalue weighted by molar-refractivity contribution is 9.10. The standard InChI is InChI=1S/C12H10BrCl2N3/c13-8-4-2-1-3-7(8)6-17-12-10(15)5-9(14)11(16)18-12/h1-5H,6H2,(H3,16,17,18). The molecule has 0 aliphatic rings. The van der Waals surface area contributed by atoms with Gasteiger partial charge in [0.1, 0.15) is 11.6 Å². The maximum absolute atomic E-state index is 6.03. The lowest BCUT2D eigenvalue weighted by Crippen LogP contribution is -2.04. The fourth-order valence-corrected chi connectivity index (χ4v) is 2.28. The second-order valence-electron chi connectivity index (χ2n) is 3.63. The maximum Gasteiger partial charge on any atom is 0.147 e. The minimum atomic E-state index is 0.260. The number of halogens is 3. The quantitative estimate of drug-likeness (QED) is 0.868. The third kappa shape index (κ3) is 3.07. The van der Waals surface area contributed by atoms with Crippen LogP contribution in [-0.4, -0.2) is 4.98 Å². The molecule has 18 heavy (non-hydrogen) atoms. The first kappa shape index (κ1) is 13.5. The Balaban J connectivity index is 2.16. The van der Waals surface area contributed by atoms with E-state index in [1.807, 2.05) is 24.3 Å². The number of hydrogen-bond acceptors (Lipinski definition) is 3. The zero-order valence-electron chi connectivity index (χ0n) is 9.25. The molecule has 0 unspecified atom stereocenters. The third-order valence-corrected chi connectivity index (χ3v) is 3.73. The summed E-state index contributed by atoms with van der Waals surface area (Å²) in [6, 6.07) is 9.48. The SMILES string of the molecule is Nc1nc(NCc2ccccc2Br)c(Cl)cc1Cl. The zero-order valence-corrected chi connectivity index (χ0v) is 12.4. The maximum atomic E-state index is 6.03. The van der Waals surface area contributed by atoms with E-state index in [9.17, 15) is 0 Å². The molecule has 0 spiro atoms. The summed E-state index contributed by atoms with van der Waals surface area (Å²) in [5.41, 5.74) is 6.74. The Morgan fingerprint density at radius 2 is 1.94 bits per heavy atom. The van der Waals surface area contributed by atoms with Gasteiger partial charge in [-0.1, -0.05) is 57.3 Å². The van der Waals surface area contributed by atoms with Gasteiger partial charge in [0.15, 0.2) is 0 Å². The van der Waals surface area contributed by atoms with Crippen molar-refractivity contribution in [2.75, 3.05) is 11.1 Å². The van der Waals surface area contributed by atoms with Crippen LogP contribution >= 0.6 is 39.1 Å². The summed E-state index contributed by atoms with van der Waals surface area (Å²) >= 11 is 15.3. The van der Waals surface area contributed by atoms with Gasteiger partial charge in [0.25, 0.3) is 0 Å². The van der Waals surface area contributed by atoms with Crippen LogP contribution in [0.4, 0.5) is 11.6 Å². The average Bonchev–Trinajstić information content (AvgIpc) is 2.34. The Bertz CT molecular complexity index is 575. The first-order valence-corrected chi connectivity index (χ1v) is 6.71. The van der Waals surface area contributed by atoms with Gasteiger partial charge in [0.2, 0.25) is 0 Å². The van der Waals surface area contributed by atoms with Crippen LogP contribution in [0.2, 0.25) is 10.0 Å². The van der Waals surface area contributed by atoms with Crippen molar-refractivity contribution >= 4 is 50.8 Å². The van der Waals surface area contributed by atoms with E-state index in [-0.39, 0.29) is 5.82 Å². The predicted octanol–water partition coefficient (Wildman–Crippen LogP) is 4.35. The van der Waals surface area contributed by atoms with Gasteiger partial charge in [0, 0.05) is 11.0 Å². The Morgan fingerprint density at radius 3 is 2.67 bits per heavy atom. The van der Waals surface area contributed by atoms with Gasteiger partial charge >= 0.3 is 0 Å². The minimum Gasteiger partial charge on any atom is -0.382 e. The van der Waals surface area contributed by atoms with Crippen molar-refractivity contribution in [3.63, 3.8) is 0 Å². The van der Waals surface area contributed by atoms with Gasteiger partial charge in [0.05, 0.1) is 10.0 Å². The largest absolute Gasteiger partial charge is 0.382 e. The van der Waals surface area contributed by atoms with Crippen molar-refractivity contribution in [2.24, 2.45) is 0 Å². The van der Waals surface area contributed by atoms with Gasteiger partial charge in [-0.05, 0) is 17.7 Å². The molecule has 0 radical (unpaired) electrons. The molecule has 3 nitrogen and oxygen atoms in total. The number of pyridine rings is 1. The second kappa shape index (κ2) is 5.78. The summed E-state index contributed by atoms with van der Waals surface area (Å²) in [5.74, 6) is 0.782. The van der Waals surface area contributed by atoms with Gasteiger partial charge in [-0.25, -0.2) is 4.98 Å². The molecule has 6 heteroatoms. The van der Waals surface area contributed by atoms with Gasteiger partial charge in [-0.15, -0.1) is 0 Å². The fourth-order valence-electron chi connectivity index (χ4n) is 1.43. The van der Waals surface area contributed by atoms with Crippen molar-refractivity contribution in [2.45, 2.75) is 6.54 Å². The van der Waals surface area contributed by atoms with E-state index >= 15 is 0 Å². The summed E-state index contributed by atoms with van der Waals surface area (Å²) in [5, 5.41) is 3.93. The van der Waals surface area contributed by atoms with Crippen molar-refractivity contribution in [1.82, 2.24) is 4.98 Å². The summed E-state index contributed by atoms with van der Waals surface area (Å²) in [6.07, 6.45) is 0. The molecular formula is C12H10BrCl2N3. The van der Waals surface area contributed by atoms with E-state index < -0.39 is 0 Å². The van der Waals surface area contributed by atoms with E-state index in [4.69, 9.17) is 28.9 Å². The lowest BCUT2D eigenvalue weighted by molar-refractivity contribution is 1.10. The van der Waals surface area contributed by atoms with E-state index in [1.54, 1.807) is 6.07 Å². The average molecular weight is 347 g/mol. The van der Waals surface area contributed by atoms with E-state index in [1.165, 1.54) is 0 Å². The van der Waals surface area contributed by atoms with Crippen LogP contribution in [-0.2, 0) is 6.54 Å². The molecule has 0 atom stereocenters. The normalized spacial score (nSPS) is 10.4. The minimum absolute atomic E-state index is 0.260. The van der Waals surface area contributed by atoms with Crippen molar-refractivity contribution in [3.05, 3.63) is 50.4 Å². The van der Waals surface area contributed by atoms with Gasteiger partial charge in [-0.2, -0.15) is 0 Å². The van der Waals surface area contributed by atoms with Crippen molar-refractivity contribution < 1.29 is 0 Å². The highest BCUT2D eigenvalue weighted by Gasteiger charge is 2.07. The Hall–Kier alpha value is -0.970. The zero-order chi connectivity index (χ0) is 13.1. The van der Waals surface area contributed by atoms with E-state index in [0.29, 0.717) is 22.4 Å². The first-order chi connectivity index (χ1) is 8.58. The summed E-state index contributed by atoms with van der Waals surface area (Å²) < 4.78 is 1.02. The number of nitrogens with two attached hydrogens (primary N) is 1. The van der Waals surface area contributed by atoms with Gasteiger partial charge < -0.3 is 11.1 Å². The van der Waals surface area contributed by atoms with Crippen molar-refractivity contribution in [3.8, 4) is 0 Å². The molecule has 1 aromatic carbocycles.